The van der Waals surface area contributed by atoms with Crippen LogP contribution in [0.5, 0.6) is 5.75 Å². The quantitative estimate of drug-likeness (QED) is 0.488. The van der Waals surface area contributed by atoms with E-state index in [-0.39, 0.29) is 5.91 Å². The zero-order valence-corrected chi connectivity index (χ0v) is 14.6. The Morgan fingerprint density at radius 2 is 1.84 bits per heavy atom. The molecule has 0 bridgehead atoms. The van der Waals surface area contributed by atoms with Gasteiger partial charge in [-0.1, -0.05) is 24.3 Å². The lowest BCUT2D eigenvalue weighted by molar-refractivity contribution is -0.114. The van der Waals surface area contributed by atoms with Crippen molar-refractivity contribution in [3.8, 4) is 5.75 Å². The SMILES string of the molecule is CCN(c1cccc(NC(C)=O)c1)C(C)OC(=O)Oc1ccccc1. The molecule has 132 valence electrons. The molecule has 1 atom stereocenters. The van der Waals surface area contributed by atoms with Gasteiger partial charge in [-0.25, -0.2) is 4.79 Å². The number of carbonyl (C=O) groups excluding carboxylic acids is 2. The first-order valence-electron chi connectivity index (χ1n) is 8.07. The van der Waals surface area contributed by atoms with Gasteiger partial charge < -0.3 is 19.7 Å². The van der Waals surface area contributed by atoms with Gasteiger partial charge >= 0.3 is 6.16 Å². The summed E-state index contributed by atoms with van der Waals surface area (Å²) in [6, 6.07) is 16.1. The lowest BCUT2D eigenvalue weighted by Gasteiger charge is -2.29. The summed E-state index contributed by atoms with van der Waals surface area (Å²) in [6.45, 7) is 5.78. The van der Waals surface area contributed by atoms with Crippen molar-refractivity contribution in [2.45, 2.75) is 27.0 Å². The maximum Gasteiger partial charge on any atom is 0.515 e. The van der Waals surface area contributed by atoms with Crippen LogP contribution in [0.4, 0.5) is 16.2 Å². The second kappa shape index (κ2) is 8.73. The smallest absolute Gasteiger partial charge is 0.410 e. The topological polar surface area (TPSA) is 67.9 Å². The largest absolute Gasteiger partial charge is 0.515 e. The zero-order valence-electron chi connectivity index (χ0n) is 14.6. The van der Waals surface area contributed by atoms with E-state index in [1.165, 1.54) is 6.92 Å². The van der Waals surface area contributed by atoms with Gasteiger partial charge in [-0.2, -0.15) is 0 Å². The number of nitrogens with one attached hydrogen (secondary N) is 1. The van der Waals surface area contributed by atoms with Crippen molar-refractivity contribution < 1.29 is 19.1 Å². The minimum absolute atomic E-state index is 0.143. The Balaban J connectivity index is 2.04. The van der Waals surface area contributed by atoms with Crippen LogP contribution in [0.1, 0.15) is 20.8 Å². The van der Waals surface area contributed by atoms with Gasteiger partial charge in [0.15, 0.2) is 6.23 Å². The van der Waals surface area contributed by atoms with Crippen LogP contribution < -0.4 is 15.0 Å². The van der Waals surface area contributed by atoms with Crippen molar-refractivity contribution in [2.24, 2.45) is 0 Å². The van der Waals surface area contributed by atoms with E-state index in [0.717, 1.165) is 5.69 Å². The molecule has 0 fully saturated rings. The van der Waals surface area contributed by atoms with Gasteiger partial charge in [0.25, 0.3) is 0 Å². The minimum atomic E-state index is -0.768. The number of hydrogen-bond acceptors (Lipinski definition) is 5. The summed E-state index contributed by atoms with van der Waals surface area (Å²) in [5, 5.41) is 2.74. The van der Waals surface area contributed by atoms with E-state index in [0.29, 0.717) is 18.0 Å². The number of nitrogens with zero attached hydrogens (tertiary/aromatic N) is 1. The number of carbonyl (C=O) groups is 2. The van der Waals surface area contributed by atoms with Crippen molar-refractivity contribution in [3.05, 3.63) is 54.6 Å². The molecule has 0 aliphatic carbocycles. The van der Waals surface area contributed by atoms with Gasteiger partial charge in [0.2, 0.25) is 5.91 Å². The van der Waals surface area contributed by atoms with Crippen LogP contribution in [0, 0.1) is 0 Å². The highest BCUT2D eigenvalue weighted by Crippen LogP contribution is 2.22. The molecule has 0 saturated heterocycles. The van der Waals surface area contributed by atoms with Crippen LogP contribution in [-0.4, -0.2) is 24.8 Å². The van der Waals surface area contributed by atoms with Crippen LogP contribution in [0.3, 0.4) is 0 Å². The molecule has 1 N–H and O–H groups in total. The van der Waals surface area contributed by atoms with E-state index in [2.05, 4.69) is 5.32 Å². The lowest BCUT2D eigenvalue weighted by atomic mass is 10.2. The third kappa shape index (κ3) is 5.53. The second-order valence-electron chi connectivity index (χ2n) is 5.40. The highest BCUT2D eigenvalue weighted by Gasteiger charge is 2.19. The monoisotopic (exact) mass is 342 g/mol. The van der Waals surface area contributed by atoms with Gasteiger partial charge in [0, 0.05) is 24.8 Å². The number of hydrogen-bond donors (Lipinski definition) is 1. The van der Waals surface area contributed by atoms with E-state index in [1.54, 1.807) is 37.3 Å². The Morgan fingerprint density at radius 3 is 2.48 bits per heavy atom. The Bertz CT molecular complexity index is 718. The van der Waals surface area contributed by atoms with Crippen molar-refractivity contribution in [1.82, 2.24) is 0 Å². The fraction of sp³-hybridized carbons (Fsp3) is 0.263. The van der Waals surface area contributed by atoms with Crippen LogP contribution in [0.25, 0.3) is 0 Å². The van der Waals surface area contributed by atoms with E-state index in [1.807, 2.05) is 36.1 Å². The Morgan fingerprint density at radius 1 is 1.12 bits per heavy atom. The molecule has 0 aromatic heterocycles. The van der Waals surface area contributed by atoms with Crippen LogP contribution in [0.2, 0.25) is 0 Å². The molecule has 2 rings (SSSR count). The second-order valence-corrected chi connectivity index (χ2v) is 5.40. The standard InChI is InChI=1S/C19H22N2O4/c1-4-21(17-10-8-9-16(13-17)20-14(2)22)15(3)24-19(23)25-18-11-6-5-7-12-18/h5-13,15H,4H2,1-3H3,(H,20,22). The molecule has 0 saturated carbocycles. The number of benzene rings is 2. The summed E-state index contributed by atoms with van der Waals surface area (Å²) >= 11 is 0. The summed E-state index contributed by atoms with van der Waals surface area (Å²) in [4.78, 5) is 25.1. The van der Waals surface area contributed by atoms with Crippen molar-refractivity contribution in [1.29, 1.82) is 0 Å². The lowest BCUT2D eigenvalue weighted by Crippen LogP contribution is -2.37. The van der Waals surface area contributed by atoms with Gasteiger partial charge in [-0.05, 0) is 44.2 Å². The first-order valence-corrected chi connectivity index (χ1v) is 8.07. The Hall–Kier alpha value is -3.02. The van der Waals surface area contributed by atoms with Crippen molar-refractivity contribution in [2.75, 3.05) is 16.8 Å². The summed E-state index contributed by atoms with van der Waals surface area (Å²) in [5.41, 5.74) is 1.51. The van der Waals surface area contributed by atoms with E-state index >= 15 is 0 Å². The summed E-state index contributed by atoms with van der Waals surface area (Å²) in [7, 11) is 0. The molecule has 2 aromatic carbocycles. The third-order valence-corrected chi connectivity index (χ3v) is 3.49. The molecule has 0 heterocycles. The first kappa shape index (κ1) is 18.3. The summed E-state index contributed by atoms with van der Waals surface area (Å²) in [6.07, 6.45) is -1.30. The molecule has 6 heteroatoms. The molecular formula is C19H22N2O4. The molecule has 1 unspecified atom stereocenters. The zero-order chi connectivity index (χ0) is 18.2. The van der Waals surface area contributed by atoms with E-state index < -0.39 is 12.4 Å². The average molecular weight is 342 g/mol. The molecule has 2 aromatic rings. The minimum Gasteiger partial charge on any atom is -0.410 e. The van der Waals surface area contributed by atoms with Crippen LogP contribution in [-0.2, 0) is 9.53 Å². The predicted molar refractivity (Wildman–Crippen MR) is 96.8 cm³/mol. The van der Waals surface area contributed by atoms with Crippen molar-refractivity contribution in [3.63, 3.8) is 0 Å². The van der Waals surface area contributed by atoms with Gasteiger partial charge in [-0.15, -0.1) is 0 Å². The van der Waals surface area contributed by atoms with E-state index in [4.69, 9.17) is 9.47 Å². The summed E-state index contributed by atoms with van der Waals surface area (Å²) in [5.74, 6) is 0.284. The molecule has 25 heavy (non-hydrogen) atoms. The predicted octanol–water partition coefficient (Wildman–Crippen LogP) is 4.03. The Labute approximate surface area is 147 Å². The van der Waals surface area contributed by atoms with E-state index in [9.17, 15) is 9.59 Å². The van der Waals surface area contributed by atoms with Crippen LogP contribution in [0.15, 0.2) is 54.6 Å². The molecule has 0 aliphatic heterocycles. The maximum atomic E-state index is 12.0. The fourth-order valence-corrected chi connectivity index (χ4v) is 2.43. The van der Waals surface area contributed by atoms with Crippen LogP contribution >= 0.6 is 0 Å². The summed E-state index contributed by atoms with van der Waals surface area (Å²) < 4.78 is 10.5. The molecule has 1 amide bonds. The number of amides is 1. The fourth-order valence-electron chi connectivity index (χ4n) is 2.43. The Kier molecular flexibility index (Phi) is 6.39. The molecule has 6 nitrogen and oxygen atoms in total. The highest BCUT2D eigenvalue weighted by molar-refractivity contribution is 5.89. The number of ether oxygens (including phenoxy) is 2. The van der Waals surface area contributed by atoms with Gasteiger partial charge in [-0.3, -0.25) is 4.79 Å². The normalized spacial score (nSPS) is 11.3. The average Bonchev–Trinajstić information content (AvgIpc) is 2.56. The molecule has 0 spiro atoms. The first-order chi connectivity index (χ1) is 12.0. The molecule has 0 radical (unpaired) electrons. The maximum absolute atomic E-state index is 12.0. The number of para-hydroxylation sites is 1. The van der Waals surface area contributed by atoms with Gasteiger partial charge in [0.1, 0.15) is 5.75 Å². The highest BCUT2D eigenvalue weighted by atomic mass is 16.7. The number of rotatable bonds is 6. The molecule has 0 aliphatic rings. The third-order valence-electron chi connectivity index (χ3n) is 3.49. The van der Waals surface area contributed by atoms with Crippen molar-refractivity contribution >= 4 is 23.4 Å². The molecular weight excluding hydrogens is 320 g/mol. The van der Waals surface area contributed by atoms with Gasteiger partial charge in [0.05, 0.1) is 0 Å². The number of anilines is 2.